The third-order valence-electron chi connectivity index (χ3n) is 2.22. The van der Waals surface area contributed by atoms with Gasteiger partial charge in [-0.05, 0) is 24.3 Å². The van der Waals surface area contributed by atoms with Crippen molar-refractivity contribution in [2.24, 2.45) is 0 Å². The van der Waals surface area contributed by atoms with Crippen LogP contribution in [0.1, 0.15) is 10.4 Å². The van der Waals surface area contributed by atoms with Gasteiger partial charge in [0.05, 0.1) is 19.0 Å². The summed E-state index contributed by atoms with van der Waals surface area (Å²) >= 11 is 3.33. The molecule has 1 aromatic carbocycles. The minimum atomic E-state index is -1.06. The standard InChI is InChI=1S/C11H9BrN2O3/c1-17-10-9(11(15)16)6-13-14(10)8-4-2-7(12)3-5-8/h2-6H,1H3,(H,15,16). The summed E-state index contributed by atoms with van der Waals surface area (Å²) in [7, 11) is 1.42. The van der Waals surface area contributed by atoms with E-state index in [1.165, 1.54) is 18.0 Å². The Balaban J connectivity index is 2.52. The lowest BCUT2D eigenvalue weighted by Gasteiger charge is -2.06. The number of aromatic carboxylic acids is 1. The van der Waals surface area contributed by atoms with E-state index in [2.05, 4.69) is 21.0 Å². The van der Waals surface area contributed by atoms with E-state index in [4.69, 9.17) is 9.84 Å². The molecule has 1 N–H and O–H groups in total. The molecule has 0 saturated carbocycles. The molecule has 0 fully saturated rings. The van der Waals surface area contributed by atoms with Gasteiger partial charge in [0.25, 0.3) is 0 Å². The van der Waals surface area contributed by atoms with Gasteiger partial charge in [-0.3, -0.25) is 0 Å². The minimum absolute atomic E-state index is 0.0374. The van der Waals surface area contributed by atoms with E-state index in [9.17, 15) is 4.79 Å². The zero-order valence-electron chi connectivity index (χ0n) is 8.92. The molecule has 1 heterocycles. The molecule has 0 aliphatic heterocycles. The molecule has 0 radical (unpaired) electrons. The van der Waals surface area contributed by atoms with Crippen molar-refractivity contribution in [2.45, 2.75) is 0 Å². The number of carboxylic acids is 1. The van der Waals surface area contributed by atoms with Gasteiger partial charge >= 0.3 is 5.97 Å². The van der Waals surface area contributed by atoms with Crippen LogP contribution < -0.4 is 4.74 Å². The van der Waals surface area contributed by atoms with Crippen molar-refractivity contribution in [1.82, 2.24) is 9.78 Å². The molecule has 6 heteroatoms. The summed E-state index contributed by atoms with van der Waals surface area (Å²) in [4.78, 5) is 10.9. The number of benzene rings is 1. The van der Waals surface area contributed by atoms with Crippen LogP contribution in [0.2, 0.25) is 0 Å². The summed E-state index contributed by atoms with van der Waals surface area (Å²) in [5.41, 5.74) is 0.771. The number of hydrogen-bond acceptors (Lipinski definition) is 3. The van der Waals surface area contributed by atoms with Gasteiger partial charge in [-0.25, -0.2) is 9.48 Å². The van der Waals surface area contributed by atoms with Crippen LogP contribution in [-0.2, 0) is 0 Å². The van der Waals surface area contributed by atoms with E-state index >= 15 is 0 Å². The number of rotatable bonds is 3. The molecule has 2 rings (SSSR count). The molecule has 1 aromatic heterocycles. The van der Waals surface area contributed by atoms with E-state index in [0.717, 1.165) is 10.2 Å². The zero-order chi connectivity index (χ0) is 12.4. The zero-order valence-corrected chi connectivity index (χ0v) is 10.5. The number of nitrogens with zero attached hydrogens (tertiary/aromatic N) is 2. The Morgan fingerprint density at radius 2 is 2.06 bits per heavy atom. The third kappa shape index (κ3) is 2.16. The van der Waals surface area contributed by atoms with Gasteiger partial charge in [-0.1, -0.05) is 15.9 Å². The van der Waals surface area contributed by atoms with Crippen molar-refractivity contribution >= 4 is 21.9 Å². The van der Waals surface area contributed by atoms with Gasteiger partial charge in [-0.15, -0.1) is 0 Å². The van der Waals surface area contributed by atoms with Crippen LogP contribution in [-0.4, -0.2) is 28.0 Å². The Hall–Kier alpha value is -1.82. The van der Waals surface area contributed by atoms with Gasteiger partial charge in [0, 0.05) is 4.47 Å². The molecule has 0 aliphatic rings. The minimum Gasteiger partial charge on any atom is -0.480 e. The second-order valence-corrected chi connectivity index (χ2v) is 4.18. The van der Waals surface area contributed by atoms with E-state index < -0.39 is 5.97 Å². The predicted octanol–water partition coefficient (Wildman–Crippen LogP) is 2.34. The van der Waals surface area contributed by atoms with Crippen molar-refractivity contribution in [1.29, 1.82) is 0 Å². The SMILES string of the molecule is COc1c(C(=O)O)cnn1-c1ccc(Br)cc1. The van der Waals surface area contributed by atoms with Gasteiger partial charge in [0.2, 0.25) is 5.88 Å². The molecule has 5 nitrogen and oxygen atoms in total. The number of carbonyl (C=O) groups is 1. The van der Waals surface area contributed by atoms with E-state index in [1.54, 1.807) is 0 Å². The topological polar surface area (TPSA) is 64.3 Å². The van der Waals surface area contributed by atoms with Crippen LogP contribution in [0.5, 0.6) is 5.88 Å². The van der Waals surface area contributed by atoms with Crippen LogP contribution >= 0.6 is 15.9 Å². The van der Waals surface area contributed by atoms with Crippen LogP contribution in [0.15, 0.2) is 34.9 Å². The van der Waals surface area contributed by atoms with Gasteiger partial charge < -0.3 is 9.84 Å². The normalized spacial score (nSPS) is 10.2. The molecule has 88 valence electrons. The highest BCUT2D eigenvalue weighted by molar-refractivity contribution is 9.10. The summed E-state index contributed by atoms with van der Waals surface area (Å²) in [6, 6.07) is 7.31. The number of hydrogen-bond donors (Lipinski definition) is 1. The molecule has 0 spiro atoms. The highest BCUT2D eigenvalue weighted by Crippen LogP contribution is 2.23. The molecule has 0 aliphatic carbocycles. The molecular formula is C11H9BrN2O3. The van der Waals surface area contributed by atoms with Crippen molar-refractivity contribution in [3.63, 3.8) is 0 Å². The Labute approximate surface area is 106 Å². The summed E-state index contributed by atoms with van der Waals surface area (Å²) in [5, 5.41) is 13.0. The second kappa shape index (κ2) is 4.58. The first-order valence-electron chi connectivity index (χ1n) is 4.74. The number of ether oxygens (including phenoxy) is 1. The van der Waals surface area contributed by atoms with Crippen molar-refractivity contribution in [3.8, 4) is 11.6 Å². The summed E-state index contributed by atoms with van der Waals surface area (Å²) < 4.78 is 7.45. The smallest absolute Gasteiger partial charge is 0.342 e. The second-order valence-electron chi connectivity index (χ2n) is 3.26. The lowest BCUT2D eigenvalue weighted by atomic mass is 10.3. The maximum atomic E-state index is 10.9. The summed E-state index contributed by atoms with van der Waals surface area (Å²) in [5.74, 6) is -0.856. The number of methoxy groups -OCH3 is 1. The number of aromatic nitrogens is 2. The molecule has 0 atom stereocenters. The van der Waals surface area contributed by atoms with Gasteiger partial charge in [0.1, 0.15) is 5.56 Å². The van der Waals surface area contributed by atoms with Crippen molar-refractivity contribution in [3.05, 3.63) is 40.5 Å². The highest BCUT2D eigenvalue weighted by atomic mass is 79.9. The van der Waals surface area contributed by atoms with Crippen LogP contribution in [0.25, 0.3) is 5.69 Å². The van der Waals surface area contributed by atoms with Crippen molar-refractivity contribution in [2.75, 3.05) is 7.11 Å². The lowest BCUT2D eigenvalue weighted by Crippen LogP contribution is -2.03. The third-order valence-corrected chi connectivity index (χ3v) is 2.75. The Kier molecular flexibility index (Phi) is 3.14. The molecule has 17 heavy (non-hydrogen) atoms. The van der Waals surface area contributed by atoms with E-state index in [0.29, 0.717) is 0 Å². The quantitative estimate of drug-likeness (QED) is 0.944. The average molecular weight is 297 g/mol. The van der Waals surface area contributed by atoms with Crippen LogP contribution in [0.3, 0.4) is 0 Å². The monoisotopic (exact) mass is 296 g/mol. The Bertz CT molecular complexity index is 548. The summed E-state index contributed by atoms with van der Waals surface area (Å²) in [6.07, 6.45) is 1.27. The molecule has 0 saturated heterocycles. The molecule has 0 bridgehead atoms. The fourth-order valence-corrected chi connectivity index (χ4v) is 1.71. The van der Waals surface area contributed by atoms with E-state index in [-0.39, 0.29) is 11.4 Å². The van der Waals surface area contributed by atoms with Crippen LogP contribution in [0, 0.1) is 0 Å². The molecule has 0 unspecified atom stereocenters. The van der Waals surface area contributed by atoms with E-state index in [1.807, 2.05) is 24.3 Å². The molecule has 0 amide bonds. The maximum absolute atomic E-state index is 10.9. The fourth-order valence-electron chi connectivity index (χ4n) is 1.45. The maximum Gasteiger partial charge on any atom is 0.342 e. The Morgan fingerprint density at radius 1 is 1.41 bits per heavy atom. The summed E-state index contributed by atoms with van der Waals surface area (Å²) in [6.45, 7) is 0. The van der Waals surface area contributed by atoms with Gasteiger partial charge in [-0.2, -0.15) is 5.10 Å². The first-order valence-corrected chi connectivity index (χ1v) is 5.54. The average Bonchev–Trinajstić information content (AvgIpc) is 2.73. The first-order chi connectivity index (χ1) is 8.13. The van der Waals surface area contributed by atoms with Crippen molar-refractivity contribution < 1.29 is 14.6 Å². The highest BCUT2D eigenvalue weighted by Gasteiger charge is 2.18. The fraction of sp³-hybridized carbons (Fsp3) is 0.0909. The molecule has 2 aromatic rings. The Morgan fingerprint density at radius 3 is 2.59 bits per heavy atom. The number of halogens is 1. The van der Waals surface area contributed by atoms with Gasteiger partial charge in [0.15, 0.2) is 0 Å². The predicted molar refractivity (Wildman–Crippen MR) is 64.8 cm³/mol. The van der Waals surface area contributed by atoms with Crippen LogP contribution in [0.4, 0.5) is 0 Å². The number of carboxylic acid groups (broad SMARTS) is 1. The molecular weight excluding hydrogens is 288 g/mol. The lowest BCUT2D eigenvalue weighted by molar-refractivity contribution is 0.0693. The largest absolute Gasteiger partial charge is 0.480 e. The first kappa shape index (κ1) is 11.7.